The molecule has 3 rings (SSSR count). The van der Waals surface area contributed by atoms with Crippen molar-refractivity contribution in [3.8, 4) is 0 Å². The van der Waals surface area contributed by atoms with Crippen molar-refractivity contribution in [3.05, 3.63) is 73.6 Å². The quantitative estimate of drug-likeness (QED) is 0.494. The van der Waals surface area contributed by atoms with E-state index in [4.69, 9.17) is 11.6 Å². The van der Waals surface area contributed by atoms with Crippen LogP contribution in [0.1, 0.15) is 10.5 Å². The maximum absolute atomic E-state index is 12.5. The Bertz CT molecular complexity index is 1190. The summed E-state index contributed by atoms with van der Waals surface area (Å²) in [4.78, 5) is 46.3. The topological polar surface area (TPSA) is 147 Å². The number of aromatic carboxylic acids is 1. The van der Waals surface area contributed by atoms with Gasteiger partial charge in [-0.05, 0) is 12.1 Å². The molecule has 0 aliphatic carbocycles. The van der Waals surface area contributed by atoms with E-state index in [-0.39, 0.29) is 27.2 Å². The predicted octanol–water partition coefficient (Wildman–Crippen LogP) is 0.960. The third-order valence-corrected chi connectivity index (χ3v) is 4.12. The van der Waals surface area contributed by atoms with Gasteiger partial charge in [-0.2, -0.15) is 5.10 Å². The van der Waals surface area contributed by atoms with Crippen LogP contribution in [0.4, 0.5) is 11.4 Å². The van der Waals surface area contributed by atoms with E-state index in [1.807, 2.05) is 0 Å². The number of amides is 1. The Kier molecular flexibility index (Phi) is 5.05. The maximum atomic E-state index is 12.5. The Morgan fingerprint density at radius 3 is 2.50 bits per heavy atom. The Balaban J connectivity index is 1.95. The summed E-state index contributed by atoms with van der Waals surface area (Å²) in [7, 11) is 0. The second-order valence-corrected chi connectivity index (χ2v) is 6.02. The fourth-order valence-electron chi connectivity index (χ4n) is 2.54. The van der Waals surface area contributed by atoms with Crippen LogP contribution in [0.5, 0.6) is 0 Å². The second kappa shape index (κ2) is 7.45. The third kappa shape index (κ3) is 3.67. The number of nitrogens with one attached hydrogen (secondary N) is 1. The van der Waals surface area contributed by atoms with Gasteiger partial charge in [-0.25, -0.2) is 4.68 Å². The van der Waals surface area contributed by atoms with Gasteiger partial charge in [0, 0.05) is 17.5 Å². The summed E-state index contributed by atoms with van der Waals surface area (Å²) in [6.45, 7) is -0.636. The number of rotatable bonds is 5. The Morgan fingerprint density at radius 1 is 1.18 bits per heavy atom. The Hall–Kier alpha value is -3.79. The molecule has 1 amide bonds. The average Bonchev–Trinajstić information content (AvgIpc) is 2.65. The molecule has 3 aromatic rings. The SMILES string of the molecule is O=C(Cn1nc(C(=O)[O-])c2ccccc2c1=O)Nc1cc([N+](=O)[O-])ccc1Cl. The van der Waals surface area contributed by atoms with Crippen molar-refractivity contribution in [2.75, 3.05) is 5.32 Å². The number of hydrogen-bond donors (Lipinski definition) is 1. The molecule has 0 spiro atoms. The highest BCUT2D eigenvalue weighted by atomic mass is 35.5. The zero-order chi connectivity index (χ0) is 20.4. The first kappa shape index (κ1) is 19.0. The molecule has 10 nitrogen and oxygen atoms in total. The molecule has 0 atom stereocenters. The molecule has 28 heavy (non-hydrogen) atoms. The van der Waals surface area contributed by atoms with Gasteiger partial charge < -0.3 is 15.2 Å². The molecule has 0 radical (unpaired) electrons. The first-order chi connectivity index (χ1) is 13.3. The molecule has 0 saturated heterocycles. The Morgan fingerprint density at radius 2 is 1.86 bits per heavy atom. The van der Waals surface area contributed by atoms with Gasteiger partial charge in [-0.3, -0.25) is 19.7 Å². The minimum atomic E-state index is -1.60. The number of anilines is 1. The number of carbonyl (C=O) groups excluding carboxylic acids is 2. The molecule has 0 bridgehead atoms. The van der Waals surface area contributed by atoms with Crippen molar-refractivity contribution in [2.45, 2.75) is 6.54 Å². The number of nitrogens with zero attached hydrogens (tertiary/aromatic N) is 3. The summed E-state index contributed by atoms with van der Waals surface area (Å²) in [6, 6.07) is 9.35. The molecule has 0 unspecified atom stereocenters. The van der Waals surface area contributed by atoms with Crippen LogP contribution in [0.3, 0.4) is 0 Å². The van der Waals surface area contributed by atoms with Crippen LogP contribution in [0.15, 0.2) is 47.3 Å². The van der Waals surface area contributed by atoms with E-state index < -0.39 is 34.6 Å². The summed E-state index contributed by atoms with van der Waals surface area (Å²) in [6.07, 6.45) is 0. The van der Waals surface area contributed by atoms with E-state index in [0.29, 0.717) is 4.68 Å². The van der Waals surface area contributed by atoms with Crippen molar-refractivity contribution in [3.63, 3.8) is 0 Å². The largest absolute Gasteiger partial charge is 0.543 e. The van der Waals surface area contributed by atoms with Gasteiger partial charge in [-0.1, -0.05) is 29.8 Å². The van der Waals surface area contributed by atoms with Crippen molar-refractivity contribution in [1.29, 1.82) is 0 Å². The Labute approximate surface area is 161 Å². The van der Waals surface area contributed by atoms with Crippen molar-refractivity contribution in [2.24, 2.45) is 0 Å². The first-order valence-corrected chi connectivity index (χ1v) is 8.10. The molecule has 0 fully saturated rings. The monoisotopic (exact) mass is 401 g/mol. The zero-order valence-electron chi connectivity index (χ0n) is 13.9. The number of non-ortho nitro benzene ring substituents is 1. The molecule has 142 valence electrons. The lowest BCUT2D eigenvalue weighted by molar-refractivity contribution is -0.384. The van der Waals surface area contributed by atoms with Gasteiger partial charge >= 0.3 is 0 Å². The standard InChI is InChI=1S/C17H11ClN4O6/c18-12-6-5-9(22(27)28)7-13(12)19-14(23)8-21-16(24)11-4-2-1-3-10(11)15(20-21)17(25)26/h1-7H,8H2,(H,19,23)(H,25,26)/p-1. The van der Waals surface area contributed by atoms with Gasteiger partial charge in [-0.15, -0.1) is 0 Å². The molecule has 1 N–H and O–H groups in total. The molecular weight excluding hydrogens is 392 g/mol. The number of carbonyl (C=O) groups is 2. The lowest BCUT2D eigenvalue weighted by Crippen LogP contribution is -2.34. The van der Waals surface area contributed by atoms with Crippen LogP contribution in [0, 0.1) is 10.1 Å². The summed E-state index contributed by atoms with van der Waals surface area (Å²) < 4.78 is 0.675. The summed E-state index contributed by atoms with van der Waals surface area (Å²) in [5.41, 5.74) is -1.49. The number of aromatic nitrogens is 2. The minimum Gasteiger partial charge on any atom is -0.543 e. The van der Waals surface area contributed by atoms with E-state index in [2.05, 4.69) is 10.4 Å². The lowest BCUT2D eigenvalue weighted by Gasteiger charge is -2.12. The van der Waals surface area contributed by atoms with Gasteiger partial charge in [0.1, 0.15) is 12.2 Å². The van der Waals surface area contributed by atoms with Crippen LogP contribution in [0.25, 0.3) is 10.8 Å². The second-order valence-electron chi connectivity index (χ2n) is 5.61. The van der Waals surface area contributed by atoms with E-state index in [0.717, 1.165) is 6.07 Å². The number of carboxylic acids is 1. The fraction of sp³-hybridized carbons (Fsp3) is 0.0588. The maximum Gasteiger partial charge on any atom is 0.275 e. The number of fused-ring (bicyclic) bond motifs is 1. The van der Waals surface area contributed by atoms with Gasteiger partial charge in [0.15, 0.2) is 0 Å². The van der Waals surface area contributed by atoms with Crippen molar-refractivity contribution >= 4 is 45.6 Å². The molecule has 1 aromatic heterocycles. The number of nitro benzene ring substituents is 1. The molecule has 2 aromatic carbocycles. The van der Waals surface area contributed by atoms with Gasteiger partial charge in [0.25, 0.3) is 11.2 Å². The highest BCUT2D eigenvalue weighted by Crippen LogP contribution is 2.26. The molecule has 0 saturated carbocycles. The summed E-state index contributed by atoms with van der Waals surface area (Å²) in [5.74, 6) is -2.39. The predicted molar refractivity (Wildman–Crippen MR) is 97.1 cm³/mol. The van der Waals surface area contributed by atoms with E-state index in [1.165, 1.54) is 36.4 Å². The number of halogens is 1. The van der Waals surface area contributed by atoms with Crippen molar-refractivity contribution < 1.29 is 19.6 Å². The third-order valence-electron chi connectivity index (χ3n) is 3.79. The first-order valence-electron chi connectivity index (χ1n) is 7.73. The molecule has 0 aliphatic heterocycles. The fourth-order valence-corrected chi connectivity index (χ4v) is 2.71. The highest BCUT2D eigenvalue weighted by Gasteiger charge is 2.16. The molecule has 11 heteroatoms. The van der Waals surface area contributed by atoms with Gasteiger partial charge in [0.05, 0.1) is 27.0 Å². The smallest absolute Gasteiger partial charge is 0.275 e. The van der Waals surface area contributed by atoms with Crippen LogP contribution < -0.4 is 16.0 Å². The number of carboxylic acid groups (broad SMARTS) is 1. The summed E-state index contributed by atoms with van der Waals surface area (Å²) in [5, 5.41) is 28.4. The van der Waals surface area contributed by atoms with Crippen LogP contribution in [0.2, 0.25) is 5.02 Å². The average molecular weight is 402 g/mol. The van der Waals surface area contributed by atoms with Crippen LogP contribution >= 0.6 is 11.6 Å². The van der Waals surface area contributed by atoms with Gasteiger partial charge in [0.2, 0.25) is 5.91 Å². The van der Waals surface area contributed by atoms with Crippen LogP contribution in [-0.4, -0.2) is 26.6 Å². The lowest BCUT2D eigenvalue weighted by atomic mass is 10.1. The van der Waals surface area contributed by atoms with Crippen LogP contribution in [-0.2, 0) is 11.3 Å². The number of benzene rings is 2. The number of hydrogen-bond acceptors (Lipinski definition) is 7. The molecule has 1 heterocycles. The zero-order valence-corrected chi connectivity index (χ0v) is 14.7. The summed E-state index contributed by atoms with van der Waals surface area (Å²) >= 11 is 5.92. The van der Waals surface area contributed by atoms with E-state index in [9.17, 15) is 29.6 Å². The van der Waals surface area contributed by atoms with E-state index >= 15 is 0 Å². The molecule has 0 aliphatic rings. The highest BCUT2D eigenvalue weighted by molar-refractivity contribution is 6.33. The molecular formula is C17H10ClN4O6-. The number of nitro groups is 1. The normalized spacial score (nSPS) is 10.6. The minimum absolute atomic E-state index is 0.0326. The van der Waals surface area contributed by atoms with E-state index in [1.54, 1.807) is 0 Å². The van der Waals surface area contributed by atoms with Crippen molar-refractivity contribution in [1.82, 2.24) is 9.78 Å².